The van der Waals surface area contributed by atoms with Crippen LogP contribution in [0.3, 0.4) is 0 Å². The smallest absolute Gasteiger partial charge is 0.126 e. The van der Waals surface area contributed by atoms with Crippen LogP contribution >= 0.6 is 23.4 Å². The Morgan fingerprint density at radius 1 is 1.17 bits per heavy atom. The first-order chi connectivity index (χ1) is 14.4. The molecule has 1 N–H and O–H groups in total. The molecule has 0 spiro atoms. The summed E-state index contributed by atoms with van der Waals surface area (Å²) in [6.45, 7) is 5.20. The molecule has 3 atom stereocenters. The number of benzene rings is 2. The number of thioether (sulfide) groups is 1. The second kappa shape index (κ2) is 7.55. The van der Waals surface area contributed by atoms with Gasteiger partial charge in [0.15, 0.2) is 0 Å². The van der Waals surface area contributed by atoms with E-state index in [1.54, 1.807) is 11.8 Å². The fourth-order valence-corrected chi connectivity index (χ4v) is 5.66. The molecule has 30 heavy (non-hydrogen) atoms. The number of halogens is 3. The lowest BCUT2D eigenvalue weighted by atomic mass is 10.0. The average Bonchev–Trinajstić information content (AvgIpc) is 3.37. The van der Waals surface area contributed by atoms with Crippen LogP contribution in [0.5, 0.6) is 0 Å². The summed E-state index contributed by atoms with van der Waals surface area (Å²) in [6, 6.07) is 9.46. The highest BCUT2D eigenvalue weighted by Crippen LogP contribution is 2.45. The number of hydrazine groups is 1. The van der Waals surface area contributed by atoms with Crippen molar-refractivity contribution in [2.24, 2.45) is 5.92 Å². The second-order valence-corrected chi connectivity index (χ2v) is 9.65. The number of hydrogen-bond donors (Lipinski definition) is 1. The van der Waals surface area contributed by atoms with Crippen molar-refractivity contribution in [2.75, 3.05) is 6.54 Å². The van der Waals surface area contributed by atoms with Gasteiger partial charge in [0.1, 0.15) is 23.0 Å². The minimum Gasteiger partial charge on any atom is -0.341 e. The molecule has 1 fully saturated rings. The first-order valence-corrected chi connectivity index (χ1v) is 11.2. The van der Waals surface area contributed by atoms with Crippen LogP contribution in [-0.4, -0.2) is 31.9 Å². The van der Waals surface area contributed by atoms with E-state index in [9.17, 15) is 8.78 Å². The van der Waals surface area contributed by atoms with E-state index in [4.69, 9.17) is 16.6 Å². The fraction of sp³-hybridized carbons (Fsp3) is 0.318. The van der Waals surface area contributed by atoms with Gasteiger partial charge in [0.05, 0.1) is 22.0 Å². The quantitative estimate of drug-likeness (QED) is 0.520. The molecular formula is C22H21ClF2N4S. The Morgan fingerprint density at radius 3 is 2.67 bits per heavy atom. The largest absolute Gasteiger partial charge is 0.341 e. The van der Waals surface area contributed by atoms with Crippen molar-refractivity contribution in [3.05, 3.63) is 70.6 Å². The molecule has 2 aliphatic heterocycles. The van der Waals surface area contributed by atoms with E-state index in [0.717, 1.165) is 40.8 Å². The van der Waals surface area contributed by atoms with Gasteiger partial charge in [0, 0.05) is 23.7 Å². The van der Waals surface area contributed by atoms with Gasteiger partial charge < -0.3 is 4.98 Å². The van der Waals surface area contributed by atoms with Crippen LogP contribution in [0.25, 0.3) is 15.9 Å². The predicted molar refractivity (Wildman–Crippen MR) is 118 cm³/mol. The number of nitrogens with one attached hydrogen (secondary N) is 1. The van der Waals surface area contributed by atoms with Crippen molar-refractivity contribution in [3.8, 4) is 0 Å². The molecule has 1 aromatic heterocycles. The molecule has 156 valence electrons. The van der Waals surface area contributed by atoms with Crippen LogP contribution in [0.4, 0.5) is 8.78 Å². The number of aromatic amines is 1. The summed E-state index contributed by atoms with van der Waals surface area (Å²) in [5.41, 5.74) is 2.27. The third kappa shape index (κ3) is 3.39. The Labute approximate surface area is 182 Å². The number of para-hydroxylation sites is 1. The molecule has 0 amide bonds. The molecule has 3 aromatic rings. The van der Waals surface area contributed by atoms with Gasteiger partial charge >= 0.3 is 0 Å². The predicted octanol–water partition coefficient (Wildman–Crippen LogP) is 6.19. The molecule has 8 heteroatoms. The Kier molecular flexibility index (Phi) is 5.00. The van der Waals surface area contributed by atoms with E-state index >= 15 is 0 Å². The number of hydrogen-bond acceptors (Lipinski definition) is 4. The number of nitrogens with zero attached hydrogens (tertiary/aromatic N) is 3. The Balaban J connectivity index is 1.50. The third-order valence-electron chi connectivity index (χ3n) is 5.80. The third-order valence-corrected chi connectivity index (χ3v) is 7.26. The molecule has 0 bridgehead atoms. The van der Waals surface area contributed by atoms with Crippen LogP contribution in [0, 0.1) is 17.6 Å². The minimum absolute atomic E-state index is 0.0661. The zero-order valence-corrected chi connectivity index (χ0v) is 18.1. The zero-order valence-electron chi connectivity index (χ0n) is 16.6. The molecule has 4 nitrogen and oxygen atoms in total. The summed E-state index contributed by atoms with van der Waals surface area (Å²) in [5, 5.41) is 5.21. The van der Waals surface area contributed by atoms with Crippen LogP contribution in [-0.2, 0) is 0 Å². The number of aromatic nitrogens is 2. The summed E-state index contributed by atoms with van der Waals surface area (Å²) < 4.78 is 27.4. The maximum Gasteiger partial charge on any atom is 0.126 e. The summed E-state index contributed by atoms with van der Waals surface area (Å²) in [4.78, 5) is 9.11. The van der Waals surface area contributed by atoms with E-state index in [2.05, 4.69) is 28.8 Å². The second-order valence-electron chi connectivity index (χ2n) is 7.88. The van der Waals surface area contributed by atoms with Crippen LogP contribution < -0.4 is 0 Å². The van der Waals surface area contributed by atoms with Gasteiger partial charge in [0.25, 0.3) is 0 Å². The lowest BCUT2D eigenvalue weighted by Crippen LogP contribution is -2.41. The average molecular weight is 447 g/mol. The van der Waals surface area contributed by atoms with Crippen molar-refractivity contribution in [2.45, 2.75) is 31.7 Å². The molecule has 0 saturated carbocycles. The highest BCUT2D eigenvalue weighted by Gasteiger charge is 2.40. The SMILES string of the molecule is CC1SC(c2cc(F)cc(F)c2)=CN1N1CC[C@H](C)[C@H]1c1nc2c(Cl)cccc2[nH]1. The summed E-state index contributed by atoms with van der Waals surface area (Å²) in [6.07, 6.45) is 3.02. The maximum absolute atomic E-state index is 13.7. The monoisotopic (exact) mass is 446 g/mol. The zero-order chi connectivity index (χ0) is 21.0. The highest BCUT2D eigenvalue weighted by atomic mass is 35.5. The van der Waals surface area contributed by atoms with E-state index in [0.29, 0.717) is 16.5 Å². The minimum atomic E-state index is -0.565. The molecule has 5 rings (SSSR count). The standard InChI is InChI=1S/C22H21ClF2N4S/c1-12-6-7-28(21(12)22-26-18-5-3-4-17(23)20(18)27-22)29-11-19(30-13(29)2)14-8-15(24)10-16(25)9-14/h3-5,8-13,21H,6-7H2,1-2H3,(H,26,27)/t12-,13?,21-/m0/s1. The van der Waals surface area contributed by atoms with Crippen molar-refractivity contribution >= 4 is 39.3 Å². The maximum atomic E-state index is 13.7. The number of imidazole rings is 1. The van der Waals surface area contributed by atoms with E-state index in [1.807, 2.05) is 24.4 Å². The van der Waals surface area contributed by atoms with E-state index < -0.39 is 11.6 Å². The molecular weight excluding hydrogens is 426 g/mol. The summed E-state index contributed by atoms with van der Waals surface area (Å²) >= 11 is 7.93. The van der Waals surface area contributed by atoms with Crippen molar-refractivity contribution in [1.82, 2.24) is 20.0 Å². The summed E-state index contributed by atoms with van der Waals surface area (Å²) in [5.74, 6) is 0.151. The van der Waals surface area contributed by atoms with E-state index in [1.165, 1.54) is 12.1 Å². The molecule has 0 radical (unpaired) electrons. The molecule has 2 aliphatic rings. The Morgan fingerprint density at radius 2 is 1.93 bits per heavy atom. The highest BCUT2D eigenvalue weighted by molar-refractivity contribution is 8.09. The van der Waals surface area contributed by atoms with Crippen LogP contribution in [0.15, 0.2) is 42.6 Å². The Bertz CT molecular complexity index is 1130. The van der Waals surface area contributed by atoms with Gasteiger partial charge in [-0.3, -0.25) is 5.01 Å². The molecule has 2 aromatic carbocycles. The van der Waals surface area contributed by atoms with E-state index in [-0.39, 0.29) is 11.4 Å². The van der Waals surface area contributed by atoms with Crippen molar-refractivity contribution in [1.29, 1.82) is 0 Å². The summed E-state index contributed by atoms with van der Waals surface area (Å²) in [7, 11) is 0. The lowest BCUT2D eigenvalue weighted by molar-refractivity contribution is -0.00509. The van der Waals surface area contributed by atoms with Gasteiger partial charge in [-0.15, -0.1) is 0 Å². The topological polar surface area (TPSA) is 35.2 Å². The number of H-pyrrole nitrogens is 1. The molecule has 3 heterocycles. The van der Waals surface area contributed by atoms with Gasteiger partial charge in [-0.2, -0.15) is 0 Å². The van der Waals surface area contributed by atoms with Gasteiger partial charge in [-0.25, -0.2) is 18.8 Å². The van der Waals surface area contributed by atoms with Crippen LogP contribution in [0.2, 0.25) is 5.02 Å². The molecule has 1 saturated heterocycles. The number of fused-ring (bicyclic) bond motifs is 1. The van der Waals surface area contributed by atoms with Crippen molar-refractivity contribution in [3.63, 3.8) is 0 Å². The number of rotatable bonds is 3. The van der Waals surface area contributed by atoms with Crippen molar-refractivity contribution < 1.29 is 8.78 Å². The lowest BCUT2D eigenvalue weighted by Gasteiger charge is -2.36. The Hall–Kier alpha value is -2.09. The van der Waals surface area contributed by atoms with Gasteiger partial charge in [0.2, 0.25) is 0 Å². The first kappa shape index (κ1) is 19.8. The molecule has 1 unspecified atom stereocenters. The normalized spacial score (nSPS) is 24.8. The first-order valence-electron chi connectivity index (χ1n) is 9.94. The fourth-order valence-electron chi connectivity index (χ4n) is 4.37. The molecule has 0 aliphatic carbocycles. The van der Waals surface area contributed by atoms with Gasteiger partial charge in [-0.05, 0) is 49.1 Å². The van der Waals surface area contributed by atoms with Crippen LogP contribution in [0.1, 0.15) is 37.7 Å². The van der Waals surface area contributed by atoms with Gasteiger partial charge in [-0.1, -0.05) is 36.4 Å².